The zero-order valence-electron chi connectivity index (χ0n) is 15.6. The average molecular weight is 388 g/mol. The van der Waals surface area contributed by atoms with Crippen LogP contribution in [-0.4, -0.2) is 37.1 Å². The standard InChI is InChI=1S/C19H20N2O7/c1-12(19(23)20-14-6-4-5-7-15(14)21(24)25)28-18(22)11-13-8-9-16(26-2)17(10-13)27-3/h4-10,12H,11H2,1-3H3,(H,20,23)/t12-/m1/s1. The van der Waals surface area contributed by atoms with Crippen molar-refractivity contribution in [1.29, 1.82) is 0 Å². The van der Waals surface area contributed by atoms with Crippen LogP contribution in [0, 0.1) is 10.1 Å². The molecule has 0 aliphatic heterocycles. The second-order valence-electron chi connectivity index (χ2n) is 5.76. The summed E-state index contributed by atoms with van der Waals surface area (Å²) >= 11 is 0. The van der Waals surface area contributed by atoms with Gasteiger partial charge in [0.05, 0.1) is 25.6 Å². The highest BCUT2D eigenvalue weighted by atomic mass is 16.6. The maximum Gasteiger partial charge on any atom is 0.311 e. The SMILES string of the molecule is COc1ccc(CC(=O)O[C@H](C)C(=O)Nc2ccccc2[N+](=O)[O-])cc1OC. The molecule has 0 saturated heterocycles. The average Bonchev–Trinajstić information content (AvgIpc) is 2.67. The van der Waals surface area contributed by atoms with Crippen molar-refractivity contribution in [3.8, 4) is 11.5 Å². The first-order valence-electron chi connectivity index (χ1n) is 8.30. The molecule has 0 aromatic heterocycles. The van der Waals surface area contributed by atoms with Crippen LogP contribution in [0.2, 0.25) is 0 Å². The maximum absolute atomic E-state index is 12.2. The van der Waals surface area contributed by atoms with E-state index in [1.54, 1.807) is 24.3 Å². The van der Waals surface area contributed by atoms with Gasteiger partial charge in [-0.15, -0.1) is 0 Å². The van der Waals surface area contributed by atoms with Gasteiger partial charge in [0.2, 0.25) is 0 Å². The molecule has 148 valence electrons. The van der Waals surface area contributed by atoms with Gasteiger partial charge in [0.25, 0.3) is 11.6 Å². The highest BCUT2D eigenvalue weighted by molar-refractivity contribution is 5.96. The minimum atomic E-state index is -1.13. The van der Waals surface area contributed by atoms with Gasteiger partial charge in [0.15, 0.2) is 17.6 Å². The largest absolute Gasteiger partial charge is 0.493 e. The number of benzene rings is 2. The van der Waals surface area contributed by atoms with Crippen LogP contribution in [0.15, 0.2) is 42.5 Å². The summed E-state index contributed by atoms with van der Waals surface area (Å²) < 4.78 is 15.4. The van der Waals surface area contributed by atoms with E-state index < -0.39 is 22.9 Å². The molecule has 0 unspecified atom stereocenters. The molecule has 28 heavy (non-hydrogen) atoms. The normalized spacial score (nSPS) is 11.2. The molecule has 0 aliphatic rings. The first-order valence-corrected chi connectivity index (χ1v) is 8.30. The first-order chi connectivity index (χ1) is 13.3. The number of hydrogen-bond donors (Lipinski definition) is 1. The summed E-state index contributed by atoms with van der Waals surface area (Å²) in [6, 6.07) is 10.7. The Morgan fingerprint density at radius 3 is 2.43 bits per heavy atom. The van der Waals surface area contributed by atoms with E-state index in [-0.39, 0.29) is 17.8 Å². The molecule has 1 atom stereocenters. The molecule has 0 bridgehead atoms. The van der Waals surface area contributed by atoms with Gasteiger partial charge in [-0.25, -0.2) is 0 Å². The van der Waals surface area contributed by atoms with Gasteiger partial charge in [-0.1, -0.05) is 18.2 Å². The van der Waals surface area contributed by atoms with Crippen molar-refractivity contribution < 1.29 is 28.7 Å². The fraction of sp³-hybridized carbons (Fsp3) is 0.263. The number of methoxy groups -OCH3 is 2. The Labute approximate surface area is 161 Å². The minimum absolute atomic E-state index is 0.0280. The number of nitrogens with one attached hydrogen (secondary N) is 1. The second kappa shape index (κ2) is 9.36. The van der Waals surface area contributed by atoms with Crippen molar-refractivity contribution in [2.45, 2.75) is 19.4 Å². The lowest BCUT2D eigenvalue weighted by atomic mass is 10.1. The molecule has 0 heterocycles. The van der Waals surface area contributed by atoms with Crippen molar-refractivity contribution in [2.75, 3.05) is 19.5 Å². The number of nitrogens with zero attached hydrogens (tertiary/aromatic N) is 1. The van der Waals surface area contributed by atoms with Gasteiger partial charge in [0.1, 0.15) is 5.69 Å². The van der Waals surface area contributed by atoms with E-state index >= 15 is 0 Å². The van der Waals surface area contributed by atoms with Gasteiger partial charge < -0.3 is 19.5 Å². The van der Waals surface area contributed by atoms with Crippen LogP contribution in [0.1, 0.15) is 12.5 Å². The van der Waals surface area contributed by atoms with Crippen LogP contribution in [0.3, 0.4) is 0 Å². The van der Waals surface area contributed by atoms with E-state index in [0.717, 1.165) is 0 Å². The number of nitro groups is 1. The lowest BCUT2D eigenvalue weighted by Crippen LogP contribution is -2.30. The van der Waals surface area contributed by atoms with Crippen LogP contribution < -0.4 is 14.8 Å². The van der Waals surface area contributed by atoms with Gasteiger partial charge >= 0.3 is 5.97 Å². The Balaban J connectivity index is 1.99. The molecule has 1 N–H and O–H groups in total. The van der Waals surface area contributed by atoms with Gasteiger partial charge in [-0.3, -0.25) is 19.7 Å². The Bertz CT molecular complexity index is 882. The summed E-state index contributed by atoms with van der Waals surface area (Å²) in [4.78, 5) is 34.7. The van der Waals surface area contributed by atoms with Gasteiger partial charge in [-0.05, 0) is 30.7 Å². The van der Waals surface area contributed by atoms with Gasteiger partial charge in [-0.2, -0.15) is 0 Å². The molecule has 2 rings (SSSR count). The zero-order chi connectivity index (χ0) is 20.7. The zero-order valence-corrected chi connectivity index (χ0v) is 15.6. The third-order valence-corrected chi connectivity index (χ3v) is 3.83. The number of hydrogen-bond acceptors (Lipinski definition) is 7. The predicted molar refractivity (Wildman–Crippen MR) is 101 cm³/mol. The highest BCUT2D eigenvalue weighted by Gasteiger charge is 2.22. The molecule has 0 saturated carbocycles. The smallest absolute Gasteiger partial charge is 0.311 e. The topological polar surface area (TPSA) is 117 Å². The van der Waals surface area contributed by atoms with Crippen molar-refractivity contribution in [1.82, 2.24) is 0 Å². The summed E-state index contributed by atoms with van der Waals surface area (Å²) in [6.07, 6.45) is -1.21. The van der Waals surface area contributed by atoms with Crippen molar-refractivity contribution in [3.05, 3.63) is 58.1 Å². The quantitative estimate of drug-likeness (QED) is 0.420. The number of carbonyl (C=O) groups excluding carboxylic acids is 2. The summed E-state index contributed by atoms with van der Waals surface area (Å²) in [5.41, 5.74) is 0.397. The summed E-state index contributed by atoms with van der Waals surface area (Å²) in [7, 11) is 2.98. The Morgan fingerprint density at radius 2 is 1.79 bits per heavy atom. The summed E-state index contributed by atoms with van der Waals surface area (Å²) in [5.74, 6) is -0.306. The van der Waals surface area contributed by atoms with E-state index in [9.17, 15) is 19.7 Å². The van der Waals surface area contributed by atoms with Gasteiger partial charge in [0, 0.05) is 6.07 Å². The molecule has 0 aliphatic carbocycles. The number of carbonyl (C=O) groups is 2. The Kier molecular flexibility index (Phi) is 6.91. The van der Waals surface area contributed by atoms with Crippen LogP contribution in [0.25, 0.3) is 0 Å². The van der Waals surface area contributed by atoms with Crippen LogP contribution in [-0.2, 0) is 20.7 Å². The molecular weight excluding hydrogens is 368 g/mol. The van der Waals surface area contributed by atoms with E-state index in [4.69, 9.17) is 14.2 Å². The second-order valence-corrected chi connectivity index (χ2v) is 5.76. The van der Waals surface area contributed by atoms with Crippen LogP contribution in [0.4, 0.5) is 11.4 Å². The molecule has 9 heteroatoms. The fourth-order valence-electron chi connectivity index (χ4n) is 2.42. The van der Waals surface area contributed by atoms with Crippen molar-refractivity contribution in [3.63, 3.8) is 0 Å². The predicted octanol–water partition coefficient (Wildman–Crippen LogP) is 2.72. The molecule has 0 radical (unpaired) electrons. The first kappa shape index (κ1) is 20.7. The Morgan fingerprint density at radius 1 is 1.11 bits per heavy atom. The number of anilines is 1. The molecule has 9 nitrogen and oxygen atoms in total. The molecule has 0 fully saturated rings. The van der Waals surface area contributed by atoms with E-state index in [0.29, 0.717) is 17.1 Å². The van der Waals surface area contributed by atoms with Crippen molar-refractivity contribution in [2.24, 2.45) is 0 Å². The lowest BCUT2D eigenvalue weighted by Gasteiger charge is -2.14. The molecule has 1 amide bonds. The fourth-order valence-corrected chi connectivity index (χ4v) is 2.42. The number of ether oxygens (including phenoxy) is 3. The molecule has 2 aromatic carbocycles. The minimum Gasteiger partial charge on any atom is -0.493 e. The third-order valence-electron chi connectivity index (χ3n) is 3.83. The molecule has 0 spiro atoms. The van der Waals surface area contributed by atoms with Crippen LogP contribution in [0.5, 0.6) is 11.5 Å². The number of para-hydroxylation sites is 2. The summed E-state index contributed by atoms with van der Waals surface area (Å²) in [5, 5.41) is 13.4. The monoisotopic (exact) mass is 388 g/mol. The molecule has 2 aromatic rings. The molecular formula is C19H20N2O7. The van der Waals surface area contributed by atoms with Crippen LogP contribution >= 0.6 is 0 Å². The number of rotatable bonds is 8. The van der Waals surface area contributed by atoms with E-state index in [1.807, 2.05) is 0 Å². The Hall–Kier alpha value is -3.62. The number of nitro benzene ring substituents is 1. The highest BCUT2D eigenvalue weighted by Crippen LogP contribution is 2.28. The number of amides is 1. The lowest BCUT2D eigenvalue weighted by molar-refractivity contribution is -0.383. The van der Waals surface area contributed by atoms with E-state index in [1.165, 1.54) is 39.3 Å². The van der Waals surface area contributed by atoms with Crippen molar-refractivity contribution >= 4 is 23.3 Å². The number of esters is 1. The maximum atomic E-state index is 12.2. The summed E-state index contributed by atoms with van der Waals surface area (Å²) in [6.45, 7) is 1.39. The third kappa shape index (κ3) is 5.19. The van der Waals surface area contributed by atoms with E-state index in [2.05, 4.69) is 5.32 Å².